The Hall–Kier alpha value is -1.31. The third-order valence-electron chi connectivity index (χ3n) is 4.63. The number of piperidine rings is 1. The van der Waals surface area contributed by atoms with Crippen LogP contribution in [0.3, 0.4) is 0 Å². The van der Waals surface area contributed by atoms with Crippen LogP contribution >= 0.6 is 11.6 Å². The first-order chi connectivity index (χ1) is 11.4. The maximum Gasteiger partial charge on any atom is 0.321 e. The Morgan fingerprint density at radius 2 is 1.75 bits per heavy atom. The van der Waals surface area contributed by atoms with E-state index in [1.165, 1.54) is 16.4 Å². The van der Waals surface area contributed by atoms with E-state index in [-0.39, 0.29) is 23.6 Å². The van der Waals surface area contributed by atoms with Gasteiger partial charge in [0.25, 0.3) is 0 Å². The molecular weight excluding hydrogens is 350 g/mol. The Morgan fingerprint density at radius 1 is 1.12 bits per heavy atom. The number of nitrogens with zero attached hydrogens (tertiary/aromatic N) is 3. The summed E-state index contributed by atoms with van der Waals surface area (Å²) in [6.07, 6.45) is 3.18. The van der Waals surface area contributed by atoms with Crippen LogP contribution in [0.25, 0.3) is 0 Å². The van der Waals surface area contributed by atoms with Gasteiger partial charge < -0.3 is 9.80 Å². The maximum atomic E-state index is 12.8. The molecule has 2 amide bonds. The van der Waals surface area contributed by atoms with E-state index in [1.54, 1.807) is 17.0 Å². The minimum Gasteiger partial charge on any atom is -0.325 e. The van der Waals surface area contributed by atoms with Crippen LogP contribution in [0.4, 0.5) is 4.79 Å². The van der Waals surface area contributed by atoms with Crippen molar-refractivity contribution in [3.8, 4) is 0 Å². The lowest BCUT2D eigenvalue weighted by atomic mass is 10.1. The number of hydrogen-bond acceptors (Lipinski definition) is 3. The van der Waals surface area contributed by atoms with Crippen LogP contribution < -0.4 is 0 Å². The van der Waals surface area contributed by atoms with Gasteiger partial charge in [-0.1, -0.05) is 11.6 Å². The number of likely N-dealkylation sites (tertiary alicyclic amines) is 1. The predicted octanol–water partition coefficient (Wildman–Crippen LogP) is 2.60. The maximum absolute atomic E-state index is 12.8. The first-order valence-electron chi connectivity index (χ1n) is 8.21. The van der Waals surface area contributed by atoms with Crippen molar-refractivity contribution < 1.29 is 13.2 Å². The van der Waals surface area contributed by atoms with Crippen molar-refractivity contribution in [3.05, 3.63) is 29.3 Å². The summed E-state index contributed by atoms with van der Waals surface area (Å²) in [5, 5.41) is 0.491. The van der Waals surface area contributed by atoms with E-state index in [1.807, 2.05) is 11.8 Å². The van der Waals surface area contributed by atoms with Crippen molar-refractivity contribution in [1.29, 1.82) is 0 Å². The molecule has 0 bridgehead atoms. The minimum atomic E-state index is -3.62. The van der Waals surface area contributed by atoms with Gasteiger partial charge >= 0.3 is 6.03 Å². The summed E-state index contributed by atoms with van der Waals surface area (Å²) >= 11 is 5.83. The smallest absolute Gasteiger partial charge is 0.321 e. The zero-order chi connectivity index (χ0) is 17.3. The van der Waals surface area contributed by atoms with Gasteiger partial charge in [0.05, 0.1) is 11.6 Å². The fourth-order valence-electron chi connectivity index (χ4n) is 3.21. The molecule has 8 heteroatoms. The van der Waals surface area contributed by atoms with Gasteiger partial charge in [-0.2, -0.15) is 4.31 Å². The van der Waals surface area contributed by atoms with E-state index in [9.17, 15) is 13.2 Å². The molecule has 1 atom stereocenters. The highest BCUT2D eigenvalue weighted by Crippen LogP contribution is 2.25. The van der Waals surface area contributed by atoms with Crippen molar-refractivity contribution in [2.75, 3.05) is 26.3 Å². The van der Waals surface area contributed by atoms with Gasteiger partial charge in [-0.25, -0.2) is 13.2 Å². The quantitative estimate of drug-likeness (QED) is 0.802. The summed E-state index contributed by atoms with van der Waals surface area (Å²) in [6, 6.07) is 5.92. The van der Waals surface area contributed by atoms with Gasteiger partial charge in [0.1, 0.15) is 0 Å². The second-order valence-electron chi connectivity index (χ2n) is 6.38. The molecule has 0 spiro atoms. The Morgan fingerprint density at radius 3 is 2.38 bits per heavy atom. The Labute approximate surface area is 148 Å². The molecular formula is C16H22ClN3O3S. The standard InChI is InChI=1S/C16H22ClN3O3S/c1-13-11-19(24(22,23)15-7-5-14(17)6-8-15)12-20(13)16(21)18-9-3-2-4-10-18/h5-8,13H,2-4,9-12H2,1H3. The van der Waals surface area contributed by atoms with Crippen LogP contribution in [-0.2, 0) is 10.0 Å². The zero-order valence-corrected chi connectivity index (χ0v) is 15.3. The number of carbonyl (C=O) groups excluding carboxylic acids is 1. The van der Waals surface area contributed by atoms with E-state index in [4.69, 9.17) is 11.6 Å². The molecule has 0 N–H and O–H groups in total. The molecule has 1 aromatic carbocycles. The number of urea groups is 1. The first kappa shape index (κ1) is 17.5. The number of sulfonamides is 1. The Balaban J connectivity index is 1.75. The van der Waals surface area contributed by atoms with Crippen molar-refractivity contribution in [3.63, 3.8) is 0 Å². The Kier molecular flexibility index (Phi) is 5.03. The van der Waals surface area contributed by atoms with Crippen LogP contribution in [-0.4, -0.2) is 60.9 Å². The normalized spacial score (nSPS) is 22.8. The van der Waals surface area contributed by atoms with Crippen molar-refractivity contribution in [2.24, 2.45) is 0 Å². The number of halogens is 1. The lowest BCUT2D eigenvalue weighted by Crippen LogP contribution is -2.47. The molecule has 24 heavy (non-hydrogen) atoms. The SMILES string of the molecule is CC1CN(S(=O)(=O)c2ccc(Cl)cc2)CN1C(=O)N1CCCCC1. The van der Waals surface area contributed by atoms with E-state index in [0.717, 1.165) is 32.4 Å². The van der Waals surface area contributed by atoms with Crippen LogP contribution in [0.15, 0.2) is 29.2 Å². The first-order valence-corrected chi connectivity index (χ1v) is 10.0. The molecule has 6 nitrogen and oxygen atoms in total. The van der Waals surface area contributed by atoms with Gasteiger partial charge in [-0.3, -0.25) is 0 Å². The molecule has 132 valence electrons. The second-order valence-corrected chi connectivity index (χ2v) is 8.76. The summed E-state index contributed by atoms with van der Waals surface area (Å²) in [5.74, 6) is 0. The van der Waals surface area contributed by atoms with Crippen molar-refractivity contribution in [2.45, 2.75) is 37.1 Å². The van der Waals surface area contributed by atoms with Gasteiger partial charge in [0.15, 0.2) is 0 Å². The van der Waals surface area contributed by atoms with E-state index in [2.05, 4.69) is 0 Å². The number of carbonyl (C=O) groups is 1. The lowest BCUT2D eigenvalue weighted by molar-refractivity contribution is 0.140. The van der Waals surface area contributed by atoms with Crippen molar-refractivity contribution in [1.82, 2.24) is 14.1 Å². The number of hydrogen-bond donors (Lipinski definition) is 0. The van der Waals surface area contributed by atoms with Gasteiger partial charge in [0, 0.05) is 30.7 Å². The highest BCUT2D eigenvalue weighted by Gasteiger charge is 2.39. The fourth-order valence-corrected chi connectivity index (χ4v) is 4.80. The molecule has 2 fully saturated rings. The average molecular weight is 372 g/mol. The average Bonchev–Trinajstić information content (AvgIpc) is 2.98. The summed E-state index contributed by atoms with van der Waals surface area (Å²) in [7, 11) is -3.62. The molecule has 2 heterocycles. The highest BCUT2D eigenvalue weighted by molar-refractivity contribution is 7.89. The van der Waals surface area contributed by atoms with Crippen LogP contribution in [0, 0.1) is 0 Å². The van der Waals surface area contributed by atoms with Crippen LogP contribution in [0.2, 0.25) is 5.02 Å². The third kappa shape index (κ3) is 3.38. The zero-order valence-electron chi connectivity index (χ0n) is 13.7. The molecule has 1 unspecified atom stereocenters. The summed E-state index contributed by atoms with van der Waals surface area (Å²) in [6.45, 7) is 3.81. The molecule has 0 saturated carbocycles. The number of rotatable bonds is 2. The van der Waals surface area contributed by atoms with Gasteiger partial charge in [-0.05, 0) is 50.5 Å². The number of benzene rings is 1. The highest BCUT2D eigenvalue weighted by atomic mass is 35.5. The van der Waals surface area contributed by atoms with E-state index >= 15 is 0 Å². The van der Waals surface area contributed by atoms with Crippen molar-refractivity contribution >= 4 is 27.7 Å². The summed E-state index contributed by atoms with van der Waals surface area (Å²) < 4.78 is 26.9. The van der Waals surface area contributed by atoms with Gasteiger partial charge in [-0.15, -0.1) is 0 Å². The third-order valence-corrected chi connectivity index (χ3v) is 6.70. The molecule has 0 radical (unpaired) electrons. The van der Waals surface area contributed by atoms with Gasteiger partial charge in [0.2, 0.25) is 10.0 Å². The molecule has 2 saturated heterocycles. The fraction of sp³-hybridized carbons (Fsp3) is 0.562. The monoisotopic (exact) mass is 371 g/mol. The molecule has 1 aromatic rings. The molecule has 2 aliphatic heterocycles. The van der Waals surface area contributed by atoms with E-state index < -0.39 is 10.0 Å². The summed E-state index contributed by atoms with van der Waals surface area (Å²) in [4.78, 5) is 16.4. The Bertz CT molecular complexity index is 702. The molecule has 0 aromatic heterocycles. The molecule has 0 aliphatic carbocycles. The lowest BCUT2D eigenvalue weighted by Gasteiger charge is -2.32. The minimum absolute atomic E-state index is 0.0593. The van der Waals surface area contributed by atoms with Crippen LogP contribution in [0.1, 0.15) is 26.2 Å². The number of amides is 2. The van der Waals surface area contributed by atoms with E-state index in [0.29, 0.717) is 11.6 Å². The predicted molar refractivity (Wildman–Crippen MR) is 92.3 cm³/mol. The largest absolute Gasteiger partial charge is 0.325 e. The second kappa shape index (κ2) is 6.90. The topological polar surface area (TPSA) is 60.9 Å². The van der Waals surface area contributed by atoms with Crippen LogP contribution in [0.5, 0.6) is 0 Å². The molecule has 3 rings (SSSR count). The summed E-state index contributed by atoms with van der Waals surface area (Å²) in [5.41, 5.74) is 0. The molecule has 2 aliphatic rings.